The highest BCUT2D eigenvalue weighted by Gasteiger charge is 2.11. The maximum Gasteiger partial charge on any atom is 0.221 e. The second kappa shape index (κ2) is 5.79. The van der Waals surface area contributed by atoms with Gasteiger partial charge in [0.1, 0.15) is 5.76 Å². The van der Waals surface area contributed by atoms with Crippen LogP contribution in [-0.4, -0.2) is 23.0 Å². The highest BCUT2D eigenvalue weighted by Crippen LogP contribution is 2.03. The third-order valence-corrected chi connectivity index (χ3v) is 2.12. The van der Waals surface area contributed by atoms with Gasteiger partial charge in [-0.2, -0.15) is 0 Å². The zero-order chi connectivity index (χ0) is 12.0. The molecule has 0 saturated heterocycles. The average Bonchev–Trinajstić information content (AvgIpc) is 2.78. The van der Waals surface area contributed by atoms with Gasteiger partial charge in [0.15, 0.2) is 5.84 Å². The van der Waals surface area contributed by atoms with Gasteiger partial charge in [-0.1, -0.05) is 5.16 Å². The molecule has 0 aliphatic rings. The molecule has 1 unspecified atom stereocenters. The van der Waals surface area contributed by atoms with E-state index in [1.165, 1.54) is 0 Å². The fourth-order valence-corrected chi connectivity index (χ4v) is 1.17. The van der Waals surface area contributed by atoms with E-state index in [1.807, 2.05) is 0 Å². The van der Waals surface area contributed by atoms with Crippen molar-refractivity contribution in [3.8, 4) is 0 Å². The molecule has 16 heavy (non-hydrogen) atoms. The fourth-order valence-electron chi connectivity index (χ4n) is 1.17. The minimum absolute atomic E-state index is 0.0219. The summed E-state index contributed by atoms with van der Waals surface area (Å²) in [5, 5.41) is 13.8. The minimum Gasteiger partial charge on any atom is -0.469 e. The fraction of sp³-hybridized carbons (Fsp3) is 0.400. The topological polar surface area (TPSA) is 101 Å². The number of nitrogens with two attached hydrogens (primary N) is 1. The van der Waals surface area contributed by atoms with Crippen molar-refractivity contribution in [2.24, 2.45) is 10.9 Å². The molecule has 6 heteroatoms. The summed E-state index contributed by atoms with van der Waals surface area (Å²) in [5.74, 6) is 0.563. The van der Waals surface area contributed by atoms with E-state index in [0.29, 0.717) is 12.8 Å². The quantitative estimate of drug-likeness (QED) is 0.293. The molecule has 0 fully saturated rings. The Hall–Kier alpha value is -1.98. The number of amidine groups is 1. The van der Waals surface area contributed by atoms with E-state index < -0.39 is 6.04 Å². The molecular formula is C10H15N3O3. The molecule has 0 aromatic carbocycles. The van der Waals surface area contributed by atoms with E-state index in [4.69, 9.17) is 15.4 Å². The number of carbonyl (C=O) groups excluding carboxylic acids is 1. The lowest BCUT2D eigenvalue weighted by molar-refractivity contribution is -0.121. The Morgan fingerprint density at radius 2 is 2.50 bits per heavy atom. The summed E-state index contributed by atoms with van der Waals surface area (Å²) in [7, 11) is 0. The van der Waals surface area contributed by atoms with Crippen molar-refractivity contribution in [2.45, 2.75) is 25.8 Å². The summed E-state index contributed by atoms with van der Waals surface area (Å²) in [6.07, 6.45) is 2.39. The van der Waals surface area contributed by atoms with Crippen LogP contribution in [0, 0.1) is 0 Å². The molecule has 0 aliphatic carbocycles. The highest BCUT2D eigenvalue weighted by atomic mass is 16.4. The minimum atomic E-state index is -0.478. The molecule has 0 bridgehead atoms. The van der Waals surface area contributed by atoms with E-state index in [2.05, 4.69) is 10.5 Å². The number of amides is 1. The Kier molecular flexibility index (Phi) is 4.38. The van der Waals surface area contributed by atoms with Crippen molar-refractivity contribution in [2.75, 3.05) is 0 Å². The molecule has 4 N–H and O–H groups in total. The summed E-state index contributed by atoms with van der Waals surface area (Å²) >= 11 is 0. The molecule has 88 valence electrons. The number of aryl methyl sites for hydroxylation is 1. The normalized spacial score (nSPS) is 13.4. The van der Waals surface area contributed by atoms with Crippen molar-refractivity contribution < 1.29 is 14.4 Å². The number of nitrogens with zero attached hydrogens (tertiary/aromatic N) is 1. The number of furan rings is 1. The van der Waals surface area contributed by atoms with Crippen LogP contribution in [0.2, 0.25) is 0 Å². The molecule has 1 atom stereocenters. The second-order valence-corrected chi connectivity index (χ2v) is 3.39. The molecule has 0 saturated carbocycles. The first kappa shape index (κ1) is 12.1. The van der Waals surface area contributed by atoms with Gasteiger partial charge in [0.05, 0.1) is 12.3 Å². The zero-order valence-corrected chi connectivity index (χ0v) is 9.01. The lowest BCUT2D eigenvalue weighted by atomic mass is 10.2. The summed E-state index contributed by atoms with van der Waals surface area (Å²) < 4.78 is 5.09. The Bertz CT molecular complexity index is 359. The van der Waals surface area contributed by atoms with E-state index in [0.717, 1.165) is 5.76 Å². The predicted octanol–water partition coefficient (Wildman–Crippen LogP) is 0.463. The van der Waals surface area contributed by atoms with E-state index >= 15 is 0 Å². The van der Waals surface area contributed by atoms with Crippen molar-refractivity contribution in [3.63, 3.8) is 0 Å². The molecule has 0 radical (unpaired) electrons. The monoisotopic (exact) mass is 225 g/mol. The number of nitrogens with one attached hydrogen (secondary N) is 1. The van der Waals surface area contributed by atoms with E-state index in [-0.39, 0.29) is 11.7 Å². The molecule has 1 amide bonds. The third-order valence-electron chi connectivity index (χ3n) is 2.12. The van der Waals surface area contributed by atoms with Crippen molar-refractivity contribution >= 4 is 11.7 Å². The maximum atomic E-state index is 11.4. The molecular weight excluding hydrogens is 210 g/mol. The van der Waals surface area contributed by atoms with Gasteiger partial charge in [-0.15, -0.1) is 0 Å². The summed E-state index contributed by atoms with van der Waals surface area (Å²) in [6, 6.07) is 3.10. The van der Waals surface area contributed by atoms with Crippen LogP contribution in [0.25, 0.3) is 0 Å². The van der Waals surface area contributed by atoms with Crippen LogP contribution in [0.4, 0.5) is 0 Å². The van der Waals surface area contributed by atoms with Gasteiger partial charge >= 0.3 is 0 Å². The van der Waals surface area contributed by atoms with Crippen LogP contribution in [0.1, 0.15) is 19.1 Å². The van der Waals surface area contributed by atoms with E-state index in [1.54, 1.807) is 25.3 Å². The second-order valence-electron chi connectivity index (χ2n) is 3.39. The average molecular weight is 225 g/mol. The highest BCUT2D eigenvalue weighted by molar-refractivity contribution is 5.89. The third kappa shape index (κ3) is 3.64. The van der Waals surface area contributed by atoms with Gasteiger partial charge in [-0.25, -0.2) is 0 Å². The van der Waals surface area contributed by atoms with Crippen LogP contribution in [0.5, 0.6) is 0 Å². The largest absolute Gasteiger partial charge is 0.469 e. The molecule has 0 spiro atoms. The van der Waals surface area contributed by atoms with Gasteiger partial charge in [0.25, 0.3) is 0 Å². The number of rotatable bonds is 5. The molecule has 1 aromatic heterocycles. The first-order chi connectivity index (χ1) is 7.63. The molecule has 1 aromatic rings. The van der Waals surface area contributed by atoms with Crippen molar-refractivity contribution in [1.82, 2.24) is 5.32 Å². The van der Waals surface area contributed by atoms with Crippen LogP contribution < -0.4 is 11.1 Å². The number of hydrogen-bond donors (Lipinski definition) is 3. The number of carbonyl (C=O) groups is 1. The predicted molar refractivity (Wildman–Crippen MR) is 58.0 cm³/mol. The van der Waals surface area contributed by atoms with Crippen LogP contribution in [0.15, 0.2) is 28.0 Å². The Balaban J connectivity index is 2.31. The standard InChI is InChI=1S/C10H15N3O3/c1-7(10(11)13-15)12-9(14)5-4-8-3-2-6-16-8/h2-3,6-7,15H,4-5H2,1H3,(H2,11,13)(H,12,14). The van der Waals surface area contributed by atoms with Crippen molar-refractivity contribution in [1.29, 1.82) is 0 Å². The van der Waals surface area contributed by atoms with Gasteiger partial charge < -0.3 is 20.7 Å². The Morgan fingerprint density at radius 3 is 3.06 bits per heavy atom. The first-order valence-corrected chi connectivity index (χ1v) is 4.92. The smallest absolute Gasteiger partial charge is 0.221 e. The Labute approximate surface area is 93.1 Å². The van der Waals surface area contributed by atoms with E-state index in [9.17, 15) is 4.79 Å². The first-order valence-electron chi connectivity index (χ1n) is 4.92. The lowest BCUT2D eigenvalue weighted by Crippen LogP contribution is -2.42. The molecule has 0 aliphatic heterocycles. The lowest BCUT2D eigenvalue weighted by Gasteiger charge is -2.11. The van der Waals surface area contributed by atoms with Gasteiger partial charge in [-0.3, -0.25) is 4.79 Å². The summed E-state index contributed by atoms with van der Waals surface area (Å²) in [6.45, 7) is 1.64. The summed E-state index contributed by atoms with van der Waals surface area (Å²) in [5.41, 5.74) is 5.32. The number of oxime groups is 1. The van der Waals surface area contributed by atoms with Gasteiger partial charge in [0.2, 0.25) is 5.91 Å². The maximum absolute atomic E-state index is 11.4. The zero-order valence-electron chi connectivity index (χ0n) is 9.01. The van der Waals surface area contributed by atoms with Crippen LogP contribution in [-0.2, 0) is 11.2 Å². The molecule has 1 heterocycles. The molecule has 1 rings (SSSR count). The van der Waals surface area contributed by atoms with Gasteiger partial charge in [0, 0.05) is 12.8 Å². The van der Waals surface area contributed by atoms with Crippen molar-refractivity contribution in [3.05, 3.63) is 24.2 Å². The van der Waals surface area contributed by atoms with Crippen LogP contribution in [0.3, 0.4) is 0 Å². The van der Waals surface area contributed by atoms with Gasteiger partial charge in [-0.05, 0) is 19.1 Å². The molecule has 6 nitrogen and oxygen atoms in total. The summed E-state index contributed by atoms with van der Waals surface area (Å²) in [4.78, 5) is 11.4. The number of hydrogen-bond acceptors (Lipinski definition) is 4. The Morgan fingerprint density at radius 1 is 1.75 bits per heavy atom. The SMILES string of the molecule is CC(NC(=O)CCc1ccco1)/C(N)=N/O. The van der Waals surface area contributed by atoms with Crippen LogP contribution >= 0.6 is 0 Å².